The number of methoxy groups -OCH3 is 1. The first-order chi connectivity index (χ1) is 7.74. The standard InChI is InChI=1S/C11H10N2O3/c1-15-11(14)7-2-3-10-9(4-7)13-6-8(5-12)16-10/h2-4,8,13H,6H2,1H3/t8-/m0/s1. The van der Waals surface area contributed by atoms with Gasteiger partial charge in [-0.25, -0.2) is 4.79 Å². The van der Waals surface area contributed by atoms with E-state index in [1.165, 1.54) is 7.11 Å². The second kappa shape index (κ2) is 4.11. The monoisotopic (exact) mass is 218 g/mol. The highest BCUT2D eigenvalue weighted by atomic mass is 16.5. The summed E-state index contributed by atoms with van der Waals surface area (Å²) in [5.74, 6) is 0.178. The molecule has 1 aliphatic heterocycles. The summed E-state index contributed by atoms with van der Waals surface area (Å²) in [7, 11) is 1.33. The Kier molecular flexibility index (Phi) is 2.64. The van der Waals surface area contributed by atoms with Crippen molar-refractivity contribution in [3.63, 3.8) is 0 Å². The average molecular weight is 218 g/mol. The minimum absolute atomic E-state index is 0.396. The van der Waals surface area contributed by atoms with Gasteiger partial charge < -0.3 is 14.8 Å². The predicted octanol–water partition coefficient (Wildman–Crippen LogP) is 1.17. The van der Waals surface area contributed by atoms with E-state index in [1.54, 1.807) is 18.2 Å². The Morgan fingerprint density at radius 3 is 3.19 bits per heavy atom. The molecule has 0 spiro atoms. The van der Waals surface area contributed by atoms with Crippen LogP contribution in [0.25, 0.3) is 0 Å². The fourth-order valence-corrected chi connectivity index (χ4v) is 1.49. The van der Waals surface area contributed by atoms with E-state index in [4.69, 9.17) is 10.00 Å². The lowest BCUT2D eigenvalue weighted by Gasteiger charge is -2.23. The molecule has 5 nitrogen and oxygen atoms in total. The smallest absolute Gasteiger partial charge is 0.337 e. The van der Waals surface area contributed by atoms with Gasteiger partial charge in [-0.1, -0.05) is 0 Å². The number of anilines is 1. The molecule has 0 saturated carbocycles. The van der Waals surface area contributed by atoms with Crippen LogP contribution < -0.4 is 10.1 Å². The molecule has 0 radical (unpaired) electrons. The molecule has 1 N–H and O–H groups in total. The Morgan fingerprint density at radius 1 is 1.69 bits per heavy atom. The van der Waals surface area contributed by atoms with E-state index in [-0.39, 0.29) is 0 Å². The van der Waals surface area contributed by atoms with Crippen molar-refractivity contribution < 1.29 is 14.3 Å². The van der Waals surface area contributed by atoms with Crippen molar-refractivity contribution in [3.8, 4) is 11.8 Å². The van der Waals surface area contributed by atoms with Crippen LogP contribution in [0.4, 0.5) is 5.69 Å². The van der Waals surface area contributed by atoms with Gasteiger partial charge in [-0.05, 0) is 18.2 Å². The summed E-state index contributed by atoms with van der Waals surface area (Å²) >= 11 is 0. The zero-order valence-electron chi connectivity index (χ0n) is 8.69. The Hall–Kier alpha value is -2.22. The summed E-state index contributed by atoms with van der Waals surface area (Å²) < 4.78 is 9.98. The van der Waals surface area contributed by atoms with Gasteiger partial charge in [0.25, 0.3) is 0 Å². The normalized spacial score (nSPS) is 17.4. The molecule has 82 valence electrons. The van der Waals surface area contributed by atoms with Crippen molar-refractivity contribution in [2.24, 2.45) is 0 Å². The van der Waals surface area contributed by atoms with Crippen LogP contribution in [-0.2, 0) is 4.74 Å². The molecule has 1 aliphatic rings. The molecular formula is C11H10N2O3. The molecule has 0 amide bonds. The number of esters is 1. The Bertz CT molecular complexity index is 465. The van der Waals surface area contributed by atoms with E-state index in [0.717, 1.165) is 0 Å². The van der Waals surface area contributed by atoms with Crippen LogP contribution in [0.1, 0.15) is 10.4 Å². The highest BCUT2D eigenvalue weighted by Crippen LogP contribution is 2.29. The zero-order chi connectivity index (χ0) is 11.5. The molecule has 2 rings (SSSR count). The second-order valence-electron chi connectivity index (χ2n) is 3.32. The highest BCUT2D eigenvalue weighted by molar-refractivity contribution is 5.91. The molecule has 1 heterocycles. The van der Waals surface area contributed by atoms with Gasteiger partial charge in [-0.2, -0.15) is 5.26 Å². The molecule has 5 heteroatoms. The Morgan fingerprint density at radius 2 is 2.50 bits per heavy atom. The van der Waals surface area contributed by atoms with Crippen molar-refractivity contribution in [3.05, 3.63) is 23.8 Å². The van der Waals surface area contributed by atoms with Crippen molar-refractivity contribution >= 4 is 11.7 Å². The third-order valence-electron chi connectivity index (χ3n) is 2.29. The number of nitrogens with one attached hydrogen (secondary N) is 1. The predicted molar refractivity (Wildman–Crippen MR) is 56.3 cm³/mol. The van der Waals surface area contributed by atoms with Gasteiger partial charge in [-0.3, -0.25) is 0 Å². The first-order valence-corrected chi connectivity index (χ1v) is 4.77. The van der Waals surface area contributed by atoms with Crippen molar-refractivity contribution in [2.45, 2.75) is 6.10 Å². The fraction of sp³-hybridized carbons (Fsp3) is 0.273. The number of rotatable bonds is 1. The highest BCUT2D eigenvalue weighted by Gasteiger charge is 2.19. The van der Waals surface area contributed by atoms with E-state index in [9.17, 15) is 4.79 Å². The van der Waals surface area contributed by atoms with Crippen LogP contribution in [0, 0.1) is 11.3 Å². The van der Waals surface area contributed by atoms with Crippen molar-refractivity contribution in [2.75, 3.05) is 19.0 Å². The molecule has 0 aliphatic carbocycles. The maximum absolute atomic E-state index is 11.3. The van der Waals surface area contributed by atoms with Crippen molar-refractivity contribution in [1.29, 1.82) is 5.26 Å². The molecule has 0 aromatic heterocycles. The van der Waals surface area contributed by atoms with Crippen LogP contribution in [0.2, 0.25) is 0 Å². The van der Waals surface area contributed by atoms with Crippen LogP contribution in [-0.4, -0.2) is 25.7 Å². The molecule has 16 heavy (non-hydrogen) atoms. The number of benzene rings is 1. The molecule has 0 fully saturated rings. The number of hydrogen-bond acceptors (Lipinski definition) is 5. The summed E-state index contributed by atoms with van der Waals surface area (Å²) in [6.45, 7) is 0.411. The van der Waals surface area contributed by atoms with Gasteiger partial charge in [0.05, 0.1) is 24.9 Å². The number of nitrogens with zero attached hydrogens (tertiary/aromatic N) is 1. The molecule has 1 aromatic carbocycles. The van der Waals surface area contributed by atoms with Gasteiger partial charge in [0.1, 0.15) is 11.8 Å². The van der Waals surface area contributed by atoms with E-state index < -0.39 is 12.1 Å². The van der Waals surface area contributed by atoms with Gasteiger partial charge in [0.15, 0.2) is 0 Å². The molecule has 0 bridgehead atoms. The summed E-state index contributed by atoms with van der Waals surface area (Å²) in [6, 6.07) is 6.92. The first kappa shape index (κ1) is 10.3. The molecule has 0 unspecified atom stereocenters. The van der Waals surface area contributed by atoms with Crippen LogP contribution >= 0.6 is 0 Å². The maximum atomic E-state index is 11.3. The van der Waals surface area contributed by atoms with Gasteiger partial charge in [-0.15, -0.1) is 0 Å². The minimum Gasteiger partial charge on any atom is -0.472 e. The van der Waals surface area contributed by atoms with E-state index >= 15 is 0 Å². The number of hydrogen-bond donors (Lipinski definition) is 1. The summed E-state index contributed by atoms with van der Waals surface area (Å²) in [5, 5.41) is 11.7. The summed E-state index contributed by atoms with van der Waals surface area (Å²) in [6.07, 6.45) is -0.489. The first-order valence-electron chi connectivity index (χ1n) is 4.77. The van der Waals surface area contributed by atoms with Crippen LogP contribution in [0.3, 0.4) is 0 Å². The maximum Gasteiger partial charge on any atom is 0.337 e. The largest absolute Gasteiger partial charge is 0.472 e. The number of fused-ring (bicyclic) bond motifs is 1. The summed E-state index contributed by atoms with van der Waals surface area (Å²) in [4.78, 5) is 11.3. The molecule has 0 saturated heterocycles. The summed E-state index contributed by atoms with van der Waals surface area (Å²) in [5.41, 5.74) is 1.15. The number of carbonyl (C=O) groups excluding carboxylic acids is 1. The Balaban J connectivity index is 2.29. The quantitative estimate of drug-likeness (QED) is 0.716. The van der Waals surface area contributed by atoms with Crippen LogP contribution in [0.15, 0.2) is 18.2 Å². The lowest BCUT2D eigenvalue weighted by molar-refractivity contribution is 0.0600. The number of carbonyl (C=O) groups is 1. The average Bonchev–Trinajstić information content (AvgIpc) is 2.36. The van der Waals surface area contributed by atoms with E-state index in [1.807, 2.05) is 6.07 Å². The SMILES string of the molecule is COC(=O)c1ccc2c(c1)NC[C@H](C#N)O2. The molecular weight excluding hydrogens is 208 g/mol. The third kappa shape index (κ3) is 1.77. The van der Waals surface area contributed by atoms with Gasteiger partial charge in [0.2, 0.25) is 6.10 Å². The van der Waals surface area contributed by atoms with E-state index in [0.29, 0.717) is 23.5 Å². The van der Waals surface area contributed by atoms with Gasteiger partial charge in [0, 0.05) is 0 Å². The lowest BCUT2D eigenvalue weighted by atomic mass is 10.1. The molecule has 1 atom stereocenters. The van der Waals surface area contributed by atoms with Crippen molar-refractivity contribution in [1.82, 2.24) is 0 Å². The topological polar surface area (TPSA) is 71.3 Å². The van der Waals surface area contributed by atoms with E-state index in [2.05, 4.69) is 10.1 Å². The number of nitriles is 1. The lowest BCUT2D eigenvalue weighted by Crippen LogP contribution is -2.29. The second-order valence-corrected chi connectivity index (χ2v) is 3.32. The van der Waals surface area contributed by atoms with Gasteiger partial charge >= 0.3 is 5.97 Å². The zero-order valence-corrected chi connectivity index (χ0v) is 8.69. The molecule has 1 aromatic rings. The fourth-order valence-electron chi connectivity index (χ4n) is 1.49. The third-order valence-corrected chi connectivity index (χ3v) is 2.29. The Labute approximate surface area is 92.6 Å². The van der Waals surface area contributed by atoms with Crippen LogP contribution in [0.5, 0.6) is 5.75 Å². The minimum atomic E-state index is -0.489. The number of ether oxygens (including phenoxy) is 2.